The van der Waals surface area contributed by atoms with E-state index in [9.17, 15) is 31.3 Å². The number of alkyl halides is 3. The molecule has 200 valence electrons. The lowest BCUT2D eigenvalue weighted by Gasteiger charge is -2.30. The highest BCUT2D eigenvalue weighted by Gasteiger charge is 2.38. The number of aromatic hydroxyl groups is 1. The average Bonchev–Trinajstić information content (AvgIpc) is 3.20. The molecule has 1 unspecified atom stereocenters. The summed E-state index contributed by atoms with van der Waals surface area (Å²) in [5, 5.41) is 13.9. The van der Waals surface area contributed by atoms with Gasteiger partial charge in [-0.15, -0.1) is 0 Å². The van der Waals surface area contributed by atoms with Crippen LogP contribution in [0.2, 0.25) is 0 Å². The minimum Gasteiger partial charge on any atom is -0.503 e. The van der Waals surface area contributed by atoms with Crippen molar-refractivity contribution in [3.8, 4) is 17.0 Å². The molecular weight excluding hydrogens is 531 g/mol. The molecule has 1 aliphatic rings. The Labute approximate surface area is 215 Å². The standard InChI is InChI=1S/C24H21F5N6O2S/c1-33(13-6-7-17-12(9-13)5-4-8-35(17)38(3)37)23-30-11-15-20(32-34(2)22(15)31-23)14-10-16(24(27,28)29)19(26)21(36)18(14)25/h6-7,9-11,36H,4-5,8H2,1-3H3. The van der Waals surface area contributed by atoms with E-state index >= 15 is 0 Å². The van der Waals surface area contributed by atoms with Gasteiger partial charge in [0.1, 0.15) is 16.7 Å². The highest BCUT2D eigenvalue weighted by atomic mass is 32.2. The lowest BCUT2D eigenvalue weighted by atomic mass is 10.0. The number of hydrogen-bond donors (Lipinski definition) is 1. The second-order valence-corrected chi connectivity index (χ2v) is 10.1. The fraction of sp³-hybridized carbons (Fsp3) is 0.292. The Kier molecular flexibility index (Phi) is 6.24. The second-order valence-electron chi connectivity index (χ2n) is 8.83. The Bertz CT molecular complexity index is 1610. The molecule has 0 aliphatic carbocycles. The van der Waals surface area contributed by atoms with Crippen molar-refractivity contribution in [3.05, 3.63) is 53.2 Å². The SMILES string of the molecule is CN(c1ccc2c(c1)CCCN2S(C)=O)c1ncc2c(-c3cc(C(F)(F)F)c(F)c(O)c3F)nn(C)c2n1. The summed E-state index contributed by atoms with van der Waals surface area (Å²) in [4.78, 5) is 10.5. The van der Waals surface area contributed by atoms with Crippen LogP contribution in [0.25, 0.3) is 22.3 Å². The number of nitrogens with zero attached hydrogens (tertiary/aromatic N) is 6. The number of aryl methyl sites for hydroxylation is 2. The lowest BCUT2D eigenvalue weighted by Crippen LogP contribution is -2.30. The zero-order valence-electron chi connectivity index (χ0n) is 20.3. The van der Waals surface area contributed by atoms with Crippen LogP contribution < -0.4 is 9.21 Å². The summed E-state index contributed by atoms with van der Waals surface area (Å²) in [6.45, 7) is 0.699. The fourth-order valence-corrected chi connectivity index (χ4v) is 5.37. The van der Waals surface area contributed by atoms with Gasteiger partial charge in [-0.25, -0.2) is 22.7 Å². The van der Waals surface area contributed by atoms with E-state index in [0.717, 1.165) is 29.8 Å². The van der Waals surface area contributed by atoms with Crippen molar-refractivity contribution in [2.75, 3.05) is 29.1 Å². The number of fused-ring (bicyclic) bond motifs is 2. The topological polar surface area (TPSA) is 87.4 Å². The molecule has 3 heterocycles. The average molecular weight is 553 g/mol. The Morgan fingerprint density at radius 2 is 1.89 bits per heavy atom. The van der Waals surface area contributed by atoms with Crippen molar-refractivity contribution in [2.45, 2.75) is 19.0 Å². The van der Waals surface area contributed by atoms with E-state index in [2.05, 4.69) is 15.1 Å². The van der Waals surface area contributed by atoms with E-state index in [4.69, 9.17) is 0 Å². The summed E-state index contributed by atoms with van der Waals surface area (Å²) in [7, 11) is 2.04. The van der Waals surface area contributed by atoms with E-state index in [1.807, 2.05) is 22.5 Å². The summed E-state index contributed by atoms with van der Waals surface area (Å²) >= 11 is 0. The zero-order valence-corrected chi connectivity index (χ0v) is 21.2. The molecule has 4 aromatic rings. The molecule has 0 amide bonds. The van der Waals surface area contributed by atoms with Crippen LogP contribution in [0, 0.1) is 11.6 Å². The molecule has 0 fully saturated rings. The molecule has 5 rings (SSSR count). The zero-order chi connectivity index (χ0) is 27.5. The minimum atomic E-state index is -5.17. The molecule has 0 spiro atoms. The maximum Gasteiger partial charge on any atom is 0.419 e. The van der Waals surface area contributed by atoms with Crippen molar-refractivity contribution in [1.29, 1.82) is 0 Å². The van der Waals surface area contributed by atoms with Crippen molar-refractivity contribution in [1.82, 2.24) is 19.7 Å². The number of rotatable bonds is 4. The molecule has 38 heavy (non-hydrogen) atoms. The molecular formula is C24H21F5N6O2S. The molecule has 2 aromatic heterocycles. The van der Waals surface area contributed by atoms with Crippen LogP contribution in [0.15, 0.2) is 30.5 Å². The van der Waals surface area contributed by atoms with Gasteiger partial charge in [0.15, 0.2) is 23.0 Å². The highest BCUT2D eigenvalue weighted by Crippen LogP contribution is 2.41. The van der Waals surface area contributed by atoms with Gasteiger partial charge in [-0.3, -0.25) is 4.31 Å². The van der Waals surface area contributed by atoms with Crippen molar-refractivity contribution < 1.29 is 31.3 Å². The molecule has 1 aliphatic heterocycles. The van der Waals surface area contributed by atoms with Gasteiger partial charge in [-0.05, 0) is 42.7 Å². The summed E-state index contributed by atoms with van der Waals surface area (Å²) in [6.07, 6.45) is -0.594. The van der Waals surface area contributed by atoms with Gasteiger partial charge in [0, 0.05) is 44.3 Å². The van der Waals surface area contributed by atoms with Crippen molar-refractivity contribution in [3.63, 3.8) is 0 Å². The summed E-state index contributed by atoms with van der Waals surface area (Å²) in [5.41, 5.74) is 0.00464. The Hall–Kier alpha value is -3.81. The smallest absolute Gasteiger partial charge is 0.419 e. The van der Waals surface area contributed by atoms with Crippen LogP contribution in [0.4, 0.5) is 39.3 Å². The molecule has 8 nitrogen and oxygen atoms in total. The van der Waals surface area contributed by atoms with Crippen LogP contribution in [0.1, 0.15) is 17.5 Å². The van der Waals surface area contributed by atoms with Gasteiger partial charge in [0.25, 0.3) is 0 Å². The molecule has 0 saturated heterocycles. The monoisotopic (exact) mass is 552 g/mol. The normalized spacial score (nSPS) is 14.6. The first kappa shape index (κ1) is 25.8. The number of benzene rings is 2. The molecule has 0 bridgehead atoms. The molecule has 0 radical (unpaired) electrons. The van der Waals surface area contributed by atoms with Gasteiger partial charge in [0.2, 0.25) is 5.95 Å². The number of hydrogen-bond acceptors (Lipinski definition) is 6. The molecule has 1 atom stereocenters. The maximum atomic E-state index is 14.7. The quantitative estimate of drug-likeness (QED) is 0.365. The van der Waals surface area contributed by atoms with Crippen LogP contribution in [0.3, 0.4) is 0 Å². The van der Waals surface area contributed by atoms with Crippen LogP contribution in [-0.4, -0.2) is 48.9 Å². The van der Waals surface area contributed by atoms with Crippen molar-refractivity contribution in [2.24, 2.45) is 7.05 Å². The first-order valence-corrected chi connectivity index (χ1v) is 12.9. The third-order valence-electron chi connectivity index (χ3n) is 6.44. The third kappa shape index (κ3) is 4.22. The van der Waals surface area contributed by atoms with Gasteiger partial charge in [-0.2, -0.15) is 23.3 Å². The summed E-state index contributed by atoms with van der Waals surface area (Å²) < 4.78 is 83.7. The summed E-state index contributed by atoms with van der Waals surface area (Å²) in [6, 6.07) is 5.93. The van der Waals surface area contributed by atoms with Gasteiger partial charge in [0.05, 0.1) is 16.6 Å². The molecule has 2 aromatic carbocycles. The van der Waals surface area contributed by atoms with E-state index in [-0.39, 0.29) is 28.7 Å². The maximum absolute atomic E-state index is 14.7. The number of anilines is 3. The van der Waals surface area contributed by atoms with Gasteiger partial charge < -0.3 is 10.0 Å². The largest absolute Gasteiger partial charge is 0.503 e. The van der Waals surface area contributed by atoms with E-state index in [1.54, 1.807) is 18.2 Å². The number of halogens is 5. The Morgan fingerprint density at radius 1 is 1.16 bits per heavy atom. The number of aromatic nitrogens is 4. The van der Waals surface area contributed by atoms with Crippen LogP contribution in [0.5, 0.6) is 5.75 Å². The lowest BCUT2D eigenvalue weighted by molar-refractivity contribution is -0.140. The Morgan fingerprint density at radius 3 is 2.58 bits per heavy atom. The fourth-order valence-electron chi connectivity index (χ4n) is 4.53. The van der Waals surface area contributed by atoms with Gasteiger partial charge in [-0.1, -0.05) is 0 Å². The van der Waals surface area contributed by atoms with E-state index < -0.39 is 45.7 Å². The van der Waals surface area contributed by atoms with Crippen LogP contribution >= 0.6 is 0 Å². The predicted molar refractivity (Wildman–Crippen MR) is 133 cm³/mol. The highest BCUT2D eigenvalue weighted by molar-refractivity contribution is 7.85. The van der Waals surface area contributed by atoms with Crippen LogP contribution in [-0.2, 0) is 30.6 Å². The minimum absolute atomic E-state index is 0.106. The first-order chi connectivity index (χ1) is 17.9. The predicted octanol–water partition coefficient (Wildman–Crippen LogP) is 4.85. The number of phenolic OH excluding ortho intramolecular Hbond substituents is 1. The Balaban J connectivity index is 1.56. The molecule has 14 heteroatoms. The van der Waals surface area contributed by atoms with Crippen molar-refractivity contribution >= 4 is 39.3 Å². The van der Waals surface area contributed by atoms with E-state index in [0.29, 0.717) is 6.54 Å². The second kappa shape index (κ2) is 9.19. The first-order valence-electron chi connectivity index (χ1n) is 11.3. The van der Waals surface area contributed by atoms with E-state index in [1.165, 1.54) is 17.9 Å². The number of phenols is 1. The van der Waals surface area contributed by atoms with Gasteiger partial charge >= 0.3 is 6.18 Å². The molecule has 1 N–H and O–H groups in total. The summed E-state index contributed by atoms with van der Waals surface area (Å²) in [5.74, 6) is -5.19. The third-order valence-corrected chi connectivity index (χ3v) is 7.44. The molecule has 0 saturated carbocycles.